The molecule has 1 heterocycles. The number of aryl methyl sites for hydroxylation is 1. The number of aromatic nitrogens is 2. The van der Waals surface area contributed by atoms with Crippen molar-refractivity contribution in [2.45, 2.75) is 38.8 Å². The average molecular weight is 275 g/mol. The zero-order chi connectivity index (χ0) is 14.2. The summed E-state index contributed by atoms with van der Waals surface area (Å²) in [4.78, 5) is 4.03. The van der Waals surface area contributed by atoms with Gasteiger partial charge in [0.1, 0.15) is 5.82 Å². The number of nitrogens with zero attached hydrogens (tertiary/aromatic N) is 2. The minimum absolute atomic E-state index is 0.177. The van der Waals surface area contributed by atoms with Crippen LogP contribution in [0.4, 0.5) is 4.39 Å². The van der Waals surface area contributed by atoms with Crippen LogP contribution >= 0.6 is 0 Å². The molecule has 1 aromatic carbocycles. The van der Waals surface area contributed by atoms with Gasteiger partial charge in [-0.3, -0.25) is 0 Å². The first kappa shape index (κ1) is 14.7. The lowest BCUT2D eigenvalue weighted by Crippen LogP contribution is -2.22. The molecule has 0 aliphatic heterocycles. The highest BCUT2D eigenvalue weighted by Gasteiger charge is 2.07. The van der Waals surface area contributed by atoms with E-state index in [2.05, 4.69) is 21.8 Å². The Morgan fingerprint density at radius 3 is 2.70 bits per heavy atom. The van der Waals surface area contributed by atoms with Crippen LogP contribution in [0.5, 0.6) is 0 Å². The van der Waals surface area contributed by atoms with Gasteiger partial charge in [-0.25, -0.2) is 9.37 Å². The van der Waals surface area contributed by atoms with Crippen molar-refractivity contribution in [3.8, 4) is 0 Å². The molecule has 108 valence electrons. The molecule has 1 aromatic heterocycles. The van der Waals surface area contributed by atoms with Crippen LogP contribution in [0.25, 0.3) is 0 Å². The first-order valence-corrected chi connectivity index (χ1v) is 7.24. The van der Waals surface area contributed by atoms with Gasteiger partial charge in [0.15, 0.2) is 0 Å². The molecule has 4 heteroatoms. The molecule has 0 spiro atoms. The maximum atomic E-state index is 12.9. The van der Waals surface area contributed by atoms with Gasteiger partial charge in [-0.15, -0.1) is 0 Å². The Bertz CT molecular complexity index is 479. The van der Waals surface area contributed by atoms with Crippen molar-refractivity contribution in [3.63, 3.8) is 0 Å². The quantitative estimate of drug-likeness (QED) is 0.747. The summed E-state index contributed by atoms with van der Waals surface area (Å²) < 4.78 is 15.0. The predicted octanol–water partition coefficient (Wildman–Crippen LogP) is 3.54. The largest absolute Gasteiger partial charge is 0.337 e. The predicted molar refractivity (Wildman–Crippen MR) is 78.9 cm³/mol. The van der Waals surface area contributed by atoms with Gasteiger partial charge in [0.25, 0.3) is 0 Å². The van der Waals surface area contributed by atoms with E-state index in [1.165, 1.54) is 12.1 Å². The van der Waals surface area contributed by atoms with Gasteiger partial charge in [-0.05, 0) is 43.5 Å². The lowest BCUT2D eigenvalue weighted by atomic mass is 10.0. The van der Waals surface area contributed by atoms with Crippen molar-refractivity contribution in [2.75, 3.05) is 6.54 Å². The summed E-state index contributed by atoms with van der Waals surface area (Å²) in [5, 5.41) is 3.54. The van der Waals surface area contributed by atoms with Crippen LogP contribution in [0.3, 0.4) is 0 Å². The zero-order valence-electron chi connectivity index (χ0n) is 11.9. The molecule has 0 fully saturated rings. The van der Waals surface area contributed by atoms with Gasteiger partial charge < -0.3 is 9.88 Å². The summed E-state index contributed by atoms with van der Waals surface area (Å²) in [7, 11) is 0. The molecule has 0 saturated carbocycles. The van der Waals surface area contributed by atoms with Gasteiger partial charge in [-0.2, -0.15) is 0 Å². The molecule has 0 aliphatic carbocycles. The Morgan fingerprint density at radius 1 is 1.25 bits per heavy atom. The van der Waals surface area contributed by atoms with Gasteiger partial charge in [0, 0.05) is 25.0 Å². The first-order chi connectivity index (χ1) is 9.79. The smallest absolute Gasteiger partial charge is 0.123 e. The number of unbranched alkanes of at least 4 members (excludes halogenated alkanes) is 1. The number of hydrogen-bond donors (Lipinski definition) is 1. The van der Waals surface area contributed by atoms with Gasteiger partial charge >= 0.3 is 0 Å². The van der Waals surface area contributed by atoms with E-state index in [9.17, 15) is 4.39 Å². The fourth-order valence-corrected chi connectivity index (χ4v) is 2.31. The average Bonchev–Trinajstić information content (AvgIpc) is 2.97. The Labute approximate surface area is 119 Å². The molecule has 0 aliphatic rings. The Hall–Kier alpha value is -1.68. The fraction of sp³-hybridized carbons (Fsp3) is 0.438. The third kappa shape index (κ3) is 4.46. The lowest BCUT2D eigenvalue weighted by Gasteiger charge is -2.17. The number of halogens is 1. The number of benzene rings is 1. The minimum atomic E-state index is -0.177. The molecule has 3 nitrogen and oxygen atoms in total. The van der Waals surface area contributed by atoms with Crippen molar-refractivity contribution >= 4 is 0 Å². The second-order valence-corrected chi connectivity index (χ2v) is 4.97. The van der Waals surface area contributed by atoms with Crippen molar-refractivity contribution in [1.82, 2.24) is 14.9 Å². The van der Waals surface area contributed by atoms with Gasteiger partial charge in [-0.1, -0.05) is 19.1 Å². The molecule has 1 unspecified atom stereocenters. The molecule has 0 bridgehead atoms. The van der Waals surface area contributed by atoms with E-state index in [1.54, 1.807) is 6.20 Å². The number of rotatable bonds is 8. The van der Waals surface area contributed by atoms with Gasteiger partial charge in [0.2, 0.25) is 0 Å². The number of imidazole rings is 1. The second-order valence-electron chi connectivity index (χ2n) is 4.97. The molecule has 0 radical (unpaired) electrons. The van der Waals surface area contributed by atoms with Crippen LogP contribution < -0.4 is 5.32 Å². The van der Waals surface area contributed by atoms with E-state index >= 15 is 0 Å². The summed E-state index contributed by atoms with van der Waals surface area (Å²) in [6.45, 7) is 4.13. The topological polar surface area (TPSA) is 29.9 Å². The highest BCUT2D eigenvalue weighted by Crippen LogP contribution is 2.16. The first-order valence-electron chi connectivity index (χ1n) is 7.24. The van der Waals surface area contributed by atoms with Crippen LogP contribution in [0, 0.1) is 5.82 Å². The van der Waals surface area contributed by atoms with E-state index < -0.39 is 0 Å². The van der Waals surface area contributed by atoms with E-state index in [0.717, 1.165) is 37.9 Å². The number of nitrogens with one attached hydrogen (secondary N) is 1. The van der Waals surface area contributed by atoms with E-state index in [1.807, 2.05) is 24.7 Å². The van der Waals surface area contributed by atoms with Crippen LogP contribution in [-0.4, -0.2) is 16.1 Å². The third-order valence-corrected chi connectivity index (χ3v) is 3.47. The van der Waals surface area contributed by atoms with Crippen LogP contribution in [-0.2, 0) is 6.54 Å². The van der Waals surface area contributed by atoms with E-state index in [4.69, 9.17) is 0 Å². The molecule has 0 amide bonds. The summed E-state index contributed by atoms with van der Waals surface area (Å²) in [5.74, 6) is -0.177. The maximum absolute atomic E-state index is 12.9. The molecular formula is C16H22FN3. The highest BCUT2D eigenvalue weighted by atomic mass is 19.1. The summed E-state index contributed by atoms with van der Waals surface area (Å²) >= 11 is 0. The van der Waals surface area contributed by atoms with Crippen molar-refractivity contribution in [3.05, 3.63) is 54.4 Å². The molecule has 1 atom stereocenters. The summed E-state index contributed by atoms with van der Waals surface area (Å²) in [6.07, 6.45) is 8.90. The summed E-state index contributed by atoms with van der Waals surface area (Å²) in [6, 6.07) is 7.09. The standard InChI is InChI=1S/C16H22FN3/c1-2-16(14-5-7-15(17)8-6-14)19-9-3-4-11-20-12-10-18-13-20/h5-8,10,12-13,16,19H,2-4,9,11H2,1H3. The Balaban J connectivity index is 1.70. The monoisotopic (exact) mass is 275 g/mol. The molecule has 2 aromatic rings. The van der Waals surface area contributed by atoms with Crippen molar-refractivity contribution < 1.29 is 4.39 Å². The highest BCUT2D eigenvalue weighted by molar-refractivity contribution is 5.19. The third-order valence-electron chi connectivity index (χ3n) is 3.47. The minimum Gasteiger partial charge on any atom is -0.337 e. The van der Waals surface area contributed by atoms with Gasteiger partial charge in [0.05, 0.1) is 6.33 Å². The van der Waals surface area contributed by atoms with Crippen LogP contribution in [0.15, 0.2) is 43.0 Å². The van der Waals surface area contributed by atoms with E-state index in [-0.39, 0.29) is 5.82 Å². The Morgan fingerprint density at radius 2 is 2.05 bits per heavy atom. The molecule has 2 rings (SSSR count). The molecule has 1 N–H and O–H groups in total. The van der Waals surface area contributed by atoms with Crippen molar-refractivity contribution in [1.29, 1.82) is 0 Å². The van der Waals surface area contributed by atoms with E-state index in [0.29, 0.717) is 6.04 Å². The maximum Gasteiger partial charge on any atom is 0.123 e. The summed E-state index contributed by atoms with van der Waals surface area (Å²) in [5.41, 5.74) is 1.16. The second kappa shape index (κ2) is 7.80. The normalized spacial score (nSPS) is 12.5. The van der Waals surface area contributed by atoms with Crippen LogP contribution in [0.1, 0.15) is 37.8 Å². The molecule has 0 saturated heterocycles. The lowest BCUT2D eigenvalue weighted by molar-refractivity contribution is 0.489. The number of hydrogen-bond acceptors (Lipinski definition) is 2. The van der Waals surface area contributed by atoms with Crippen molar-refractivity contribution in [2.24, 2.45) is 0 Å². The SMILES string of the molecule is CCC(NCCCCn1ccnc1)c1ccc(F)cc1. The fourth-order valence-electron chi connectivity index (χ4n) is 2.31. The molecule has 20 heavy (non-hydrogen) atoms. The molecular weight excluding hydrogens is 253 g/mol. The zero-order valence-corrected chi connectivity index (χ0v) is 11.9. The van der Waals surface area contributed by atoms with Crippen LogP contribution in [0.2, 0.25) is 0 Å². The Kier molecular flexibility index (Phi) is 5.74.